The first-order chi connectivity index (χ1) is 13.1. The molecule has 0 aromatic heterocycles. The van der Waals surface area contributed by atoms with Gasteiger partial charge in [-0.2, -0.15) is 0 Å². The van der Waals surface area contributed by atoms with Crippen molar-refractivity contribution in [3.8, 4) is 0 Å². The number of hydrogen-bond acceptors (Lipinski definition) is 3. The topological polar surface area (TPSA) is 64.7 Å². The van der Waals surface area contributed by atoms with Gasteiger partial charge >= 0.3 is 6.03 Å². The molecule has 0 radical (unpaired) electrons. The standard InChI is InChI=1S/C20H23FN4O2/c1-2-22-20(27)25-12-10-24(11-13-25)18-8-6-17(7-9-18)23-19(26)15-4-3-5-16(21)14-15/h3-9,14H,2,10-13H2,1H3,(H,22,27)(H,23,26). The number of rotatable bonds is 4. The van der Waals surface area contributed by atoms with E-state index in [1.54, 1.807) is 6.07 Å². The summed E-state index contributed by atoms with van der Waals surface area (Å²) in [5.41, 5.74) is 1.96. The third-order valence-electron chi connectivity index (χ3n) is 4.47. The smallest absolute Gasteiger partial charge is 0.317 e. The number of benzene rings is 2. The van der Waals surface area contributed by atoms with E-state index < -0.39 is 5.82 Å². The maximum atomic E-state index is 13.2. The second kappa shape index (κ2) is 8.53. The zero-order chi connectivity index (χ0) is 19.2. The molecule has 0 aliphatic carbocycles. The van der Waals surface area contributed by atoms with Crippen molar-refractivity contribution in [2.75, 3.05) is 42.9 Å². The van der Waals surface area contributed by atoms with Gasteiger partial charge in [0.2, 0.25) is 0 Å². The third kappa shape index (κ3) is 4.75. The van der Waals surface area contributed by atoms with Crippen LogP contribution in [0.4, 0.5) is 20.6 Å². The van der Waals surface area contributed by atoms with Crippen LogP contribution in [-0.4, -0.2) is 49.6 Å². The quantitative estimate of drug-likeness (QED) is 0.870. The molecule has 1 heterocycles. The van der Waals surface area contributed by atoms with Crippen LogP contribution < -0.4 is 15.5 Å². The van der Waals surface area contributed by atoms with Crippen LogP contribution in [0.3, 0.4) is 0 Å². The maximum Gasteiger partial charge on any atom is 0.317 e. The molecule has 2 aromatic carbocycles. The predicted molar refractivity (Wildman–Crippen MR) is 104 cm³/mol. The van der Waals surface area contributed by atoms with Gasteiger partial charge in [0, 0.05) is 49.7 Å². The first-order valence-corrected chi connectivity index (χ1v) is 9.01. The second-order valence-corrected chi connectivity index (χ2v) is 6.32. The number of piperazine rings is 1. The zero-order valence-corrected chi connectivity index (χ0v) is 15.2. The predicted octanol–water partition coefficient (Wildman–Crippen LogP) is 2.93. The maximum absolute atomic E-state index is 13.2. The molecule has 7 heteroatoms. The third-order valence-corrected chi connectivity index (χ3v) is 4.47. The normalized spacial score (nSPS) is 14.0. The fourth-order valence-corrected chi connectivity index (χ4v) is 3.02. The molecule has 6 nitrogen and oxygen atoms in total. The van der Waals surface area contributed by atoms with Crippen LogP contribution in [-0.2, 0) is 0 Å². The van der Waals surface area contributed by atoms with Crippen molar-refractivity contribution in [1.82, 2.24) is 10.2 Å². The van der Waals surface area contributed by atoms with Crippen LogP contribution in [0, 0.1) is 5.82 Å². The first-order valence-electron chi connectivity index (χ1n) is 9.01. The highest BCUT2D eigenvalue weighted by atomic mass is 19.1. The average molecular weight is 370 g/mol. The summed E-state index contributed by atoms with van der Waals surface area (Å²) in [4.78, 5) is 28.0. The molecule has 0 spiro atoms. The molecule has 1 aliphatic heterocycles. The van der Waals surface area contributed by atoms with Gasteiger partial charge in [-0.25, -0.2) is 9.18 Å². The van der Waals surface area contributed by atoms with Crippen molar-refractivity contribution < 1.29 is 14.0 Å². The summed E-state index contributed by atoms with van der Waals surface area (Å²) in [6.45, 7) is 5.39. The molecular formula is C20H23FN4O2. The van der Waals surface area contributed by atoms with E-state index >= 15 is 0 Å². The number of hydrogen-bond donors (Lipinski definition) is 2. The summed E-state index contributed by atoms with van der Waals surface area (Å²) < 4.78 is 13.2. The Morgan fingerprint density at radius 3 is 2.37 bits per heavy atom. The molecule has 3 rings (SSSR count). The van der Waals surface area contributed by atoms with Crippen LogP contribution in [0.2, 0.25) is 0 Å². The Labute approximate surface area is 158 Å². The first kappa shape index (κ1) is 18.7. The summed E-state index contributed by atoms with van der Waals surface area (Å²) in [6.07, 6.45) is 0. The molecule has 0 saturated carbocycles. The van der Waals surface area contributed by atoms with E-state index in [-0.39, 0.29) is 17.5 Å². The minimum atomic E-state index is -0.440. The number of halogens is 1. The monoisotopic (exact) mass is 370 g/mol. The molecule has 1 aliphatic rings. The van der Waals surface area contributed by atoms with Crippen molar-refractivity contribution in [3.63, 3.8) is 0 Å². The second-order valence-electron chi connectivity index (χ2n) is 6.32. The van der Waals surface area contributed by atoms with Gasteiger partial charge < -0.3 is 20.4 Å². The number of carbonyl (C=O) groups is 2. The summed E-state index contributed by atoms with van der Waals surface area (Å²) in [6, 6.07) is 13.1. The molecule has 1 fully saturated rings. The van der Waals surface area contributed by atoms with Crippen molar-refractivity contribution >= 4 is 23.3 Å². The Hall–Kier alpha value is -3.09. The van der Waals surface area contributed by atoms with Crippen molar-refractivity contribution in [1.29, 1.82) is 0 Å². The lowest BCUT2D eigenvalue weighted by Crippen LogP contribution is -2.51. The Kier molecular flexibility index (Phi) is 5.90. The highest BCUT2D eigenvalue weighted by Crippen LogP contribution is 2.20. The van der Waals surface area contributed by atoms with E-state index in [0.717, 1.165) is 18.8 Å². The van der Waals surface area contributed by atoms with Crippen molar-refractivity contribution in [3.05, 3.63) is 59.9 Å². The van der Waals surface area contributed by atoms with Gasteiger partial charge in [-0.1, -0.05) is 6.07 Å². The Morgan fingerprint density at radius 2 is 1.74 bits per heavy atom. The van der Waals surface area contributed by atoms with Gasteiger partial charge in [-0.3, -0.25) is 4.79 Å². The summed E-state index contributed by atoms with van der Waals surface area (Å²) in [5, 5.41) is 5.58. The number of carbonyl (C=O) groups excluding carboxylic acids is 2. The van der Waals surface area contributed by atoms with E-state index in [9.17, 15) is 14.0 Å². The summed E-state index contributed by atoms with van der Waals surface area (Å²) >= 11 is 0. The van der Waals surface area contributed by atoms with E-state index in [4.69, 9.17) is 0 Å². The molecular weight excluding hydrogens is 347 g/mol. The minimum absolute atomic E-state index is 0.0208. The molecule has 0 unspecified atom stereocenters. The van der Waals surface area contributed by atoms with Gasteiger partial charge in [0.25, 0.3) is 5.91 Å². The molecule has 1 saturated heterocycles. The zero-order valence-electron chi connectivity index (χ0n) is 15.2. The lowest BCUT2D eigenvalue weighted by atomic mass is 10.2. The minimum Gasteiger partial charge on any atom is -0.368 e. The largest absolute Gasteiger partial charge is 0.368 e. The molecule has 2 aromatic rings. The van der Waals surface area contributed by atoms with E-state index in [0.29, 0.717) is 25.3 Å². The van der Waals surface area contributed by atoms with Gasteiger partial charge in [-0.05, 0) is 49.4 Å². The van der Waals surface area contributed by atoms with E-state index in [1.165, 1.54) is 18.2 Å². The summed E-state index contributed by atoms with van der Waals surface area (Å²) in [5.74, 6) is -0.789. The van der Waals surface area contributed by atoms with E-state index in [1.807, 2.05) is 36.1 Å². The highest BCUT2D eigenvalue weighted by Gasteiger charge is 2.20. The van der Waals surface area contributed by atoms with Crippen LogP contribution in [0.15, 0.2) is 48.5 Å². The fourth-order valence-electron chi connectivity index (χ4n) is 3.02. The SMILES string of the molecule is CCNC(=O)N1CCN(c2ccc(NC(=O)c3cccc(F)c3)cc2)CC1. The average Bonchev–Trinajstić information content (AvgIpc) is 2.69. The van der Waals surface area contributed by atoms with Gasteiger partial charge in [0.05, 0.1) is 0 Å². The van der Waals surface area contributed by atoms with Crippen LogP contribution in [0.1, 0.15) is 17.3 Å². The number of nitrogens with zero attached hydrogens (tertiary/aromatic N) is 2. The molecule has 2 N–H and O–H groups in total. The van der Waals surface area contributed by atoms with Gasteiger partial charge in [-0.15, -0.1) is 0 Å². The molecule has 27 heavy (non-hydrogen) atoms. The number of nitrogens with one attached hydrogen (secondary N) is 2. The van der Waals surface area contributed by atoms with Crippen molar-refractivity contribution in [2.45, 2.75) is 6.92 Å². The summed E-state index contributed by atoms with van der Waals surface area (Å²) in [7, 11) is 0. The number of urea groups is 1. The van der Waals surface area contributed by atoms with Crippen LogP contribution in [0.5, 0.6) is 0 Å². The molecule has 142 valence electrons. The lowest BCUT2D eigenvalue weighted by molar-refractivity contribution is 0.102. The Morgan fingerprint density at radius 1 is 1.04 bits per heavy atom. The molecule has 3 amide bonds. The van der Waals surface area contributed by atoms with Crippen molar-refractivity contribution in [2.24, 2.45) is 0 Å². The van der Waals surface area contributed by atoms with Crippen LogP contribution in [0.25, 0.3) is 0 Å². The Bertz CT molecular complexity index is 802. The Balaban J connectivity index is 1.56. The van der Waals surface area contributed by atoms with Gasteiger partial charge in [0.15, 0.2) is 0 Å². The highest BCUT2D eigenvalue weighted by molar-refractivity contribution is 6.04. The molecule has 0 bridgehead atoms. The van der Waals surface area contributed by atoms with E-state index in [2.05, 4.69) is 15.5 Å². The number of amides is 3. The number of anilines is 2. The lowest BCUT2D eigenvalue weighted by Gasteiger charge is -2.36. The fraction of sp³-hybridized carbons (Fsp3) is 0.300. The molecule has 0 atom stereocenters. The van der Waals surface area contributed by atoms with Gasteiger partial charge in [0.1, 0.15) is 5.82 Å². The van der Waals surface area contributed by atoms with Crippen LogP contribution >= 0.6 is 0 Å².